The lowest BCUT2D eigenvalue weighted by atomic mass is 9.91. The van der Waals surface area contributed by atoms with Crippen molar-refractivity contribution >= 4 is 11.7 Å². The van der Waals surface area contributed by atoms with E-state index in [9.17, 15) is 9.59 Å². The number of hydrogen-bond donors (Lipinski definition) is 0. The highest BCUT2D eigenvalue weighted by Crippen LogP contribution is 2.28. The molecule has 0 spiro atoms. The summed E-state index contributed by atoms with van der Waals surface area (Å²) in [5, 5.41) is 9.55. The van der Waals surface area contributed by atoms with Crippen LogP contribution in [0.2, 0.25) is 0 Å². The standard InChI is InChI=1S/C25H20N4O4/c1-32-19-14-12-18(13-15-19)23(30)22-24(33-20-10-6-3-7-11-20)25(31)29(22)28-16-21(26-27-28)17-8-4-2-5-9-17/h2-16,22,24H,1H3/t22-,24-/m1/s1. The molecule has 4 aromatic rings. The van der Waals surface area contributed by atoms with E-state index in [-0.39, 0.29) is 11.7 Å². The average Bonchev–Trinajstić information content (AvgIpc) is 3.35. The van der Waals surface area contributed by atoms with Crippen molar-refractivity contribution < 1.29 is 19.1 Å². The van der Waals surface area contributed by atoms with Crippen LogP contribution in [0.5, 0.6) is 11.5 Å². The van der Waals surface area contributed by atoms with Gasteiger partial charge in [0.05, 0.1) is 13.3 Å². The Morgan fingerprint density at radius 1 is 0.879 bits per heavy atom. The van der Waals surface area contributed by atoms with Gasteiger partial charge < -0.3 is 9.47 Å². The fourth-order valence-corrected chi connectivity index (χ4v) is 3.71. The number of rotatable bonds is 7. The van der Waals surface area contributed by atoms with Crippen molar-refractivity contribution in [3.8, 4) is 22.8 Å². The number of ether oxygens (including phenoxy) is 2. The van der Waals surface area contributed by atoms with Gasteiger partial charge in [-0.2, -0.15) is 4.79 Å². The second-order valence-corrected chi connectivity index (χ2v) is 7.46. The molecule has 0 saturated carbocycles. The highest BCUT2D eigenvalue weighted by Gasteiger charge is 2.55. The van der Waals surface area contributed by atoms with Gasteiger partial charge in [-0.3, -0.25) is 9.59 Å². The van der Waals surface area contributed by atoms with Crippen molar-refractivity contribution in [3.05, 3.63) is 96.7 Å². The lowest BCUT2D eigenvalue weighted by molar-refractivity contribution is -0.136. The maximum absolute atomic E-state index is 13.5. The molecule has 1 fully saturated rings. The quantitative estimate of drug-likeness (QED) is 0.324. The average molecular weight is 440 g/mol. The maximum Gasteiger partial charge on any atom is 0.287 e. The minimum absolute atomic E-state index is 0.269. The van der Waals surface area contributed by atoms with Crippen LogP contribution < -0.4 is 14.5 Å². The van der Waals surface area contributed by atoms with E-state index >= 15 is 0 Å². The first-order chi connectivity index (χ1) is 16.2. The highest BCUT2D eigenvalue weighted by atomic mass is 16.5. The van der Waals surface area contributed by atoms with Crippen molar-refractivity contribution in [2.75, 3.05) is 12.1 Å². The number of carbonyl (C=O) groups excluding carboxylic acids is 2. The number of ketones is 1. The molecule has 1 aliphatic heterocycles. The number of para-hydroxylation sites is 1. The van der Waals surface area contributed by atoms with Gasteiger partial charge in [0.1, 0.15) is 17.2 Å². The molecule has 1 amide bonds. The lowest BCUT2D eigenvalue weighted by Crippen LogP contribution is -2.74. The van der Waals surface area contributed by atoms with Crippen molar-refractivity contribution in [2.24, 2.45) is 0 Å². The van der Waals surface area contributed by atoms with Gasteiger partial charge in [0.15, 0.2) is 11.8 Å². The van der Waals surface area contributed by atoms with E-state index in [0.29, 0.717) is 22.8 Å². The van der Waals surface area contributed by atoms with Crippen LogP contribution in [0.4, 0.5) is 0 Å². The van der Waals surface area contributed by atoms with Gasteiger partial charge >= 0.3 is 0 Å². The van der Waals surface area contributed by atoms with Gasteiger partial charge in [0.2, 0.25) is 6.10 Å². The summed E-state index contributed by atoms with van der Waals surface area (Å²) in [6.07, 6.45) is 0.645. The van der Waals surface area contributed by atoms with E-state index in [1.807, 2.05) is 36.4 Å². The van der Waals surface area contributed by atoms with Gasteiger partial charge in [-0.1, -0.05) is 48.5 Å². The molecule has 0 radical (unpaired) electrons. The molecule has 33 heavy (non-hydrogen) atoms. The summed E-state index contributed by atoms with van der Waals surface area (Å²) < 4.78 is 11.1. The molecular formula is C25H20N4O4. The van der Waals surface area contributed by atoms with E-state index in [4.69, 9.17) is 9.47 Å². The summed E-state index contributed by atoms with van der Waals surface area (Å²) in [6, 6.07) is 24.3. The largest absolute Gasteiger partial charge is 0.497 e. The molecule has 2 heterocycles. The molecule has 2 atom stereocenters. The van der Waals surface area contributed by atoms with Gasteiger partial charge in [-0.25, -0.2) is 5.01 Å². The van der Waals surface area contributed by atoms with Crippen LogP contribution in [0, 0.1) is 0 Å². The summed E-state index contributed by atoms with van der Waals surface area (Å²) in [7, 11) is 1.56. The van der Waals surface area contributed by atoms with Crippen molar-refractivity contribution in [1.82, 2.24) is 15.1 Å². The Bertz CT molecular complexity index is 1270. The predicted octanol–water partition coefficient (Wildman–Crippen LogP) is 3.13. The summed E-state index contributed by atoms with van der Waals surface area (Å²) >= 11 is 0. The van der Waals surface area contributed by atoms with Gasteiger partial charge in [0.25, 0.3) is 5.91 Å². The summed E-state index contributed by atoms with van der Waals surface area (Å²) in [6.45, 7) is 0. The second kappa shape index (κ2) is 8.58. The number of benzene rings is 3. The molecule has 0 aliphatic carbocycles. The minimum Gasteiger partial charge on any atom is -0.497 e. The van der Waals surface area contributed by atoms with Gasteiger partial charge in [-0.05, 0) is 41.6 Å². The smallest absolute Gasteiger partial charge is 0.287 e. The Hall–Kier alpha value is -4.46. The van der Waals surface area contributed by atoms with Crippen LogP contribution in [-0.2, 0) is 4.79 Å². The SMILES string of the molecule is COc1ccc(C(=O)[C@@H]2[C@@H](Oc3ccccc3)C(=O)N2n2cc(-c3ccccc3)nn2)cc1. The number of amides is 1. The first kappa shape index (κ1) is 20.4. The molecule has 8 nitrogen and oxygen atoms in total. The Morgan fingerprint density at radius 3 is 2.21 bits per heavy atom. The van der Waals surface area contributed by atoms with E-state index in [2.05, 4.69) is 10.3 Å². The van der Waals surface area contributed by atoms with Crippen LogP contribution >= 0.6 is 0 Å². The molecule has 1 aromatic heterocycles. The number of aromatic nitrogens is 3. The zero-order valence-electron chi connectivity index (χ0n) is 17.7. The van der Waals surface area contributed by atoms with Crippen LogP contribution in [0.25, 0.3) is 11.3 Å². The van der Waals surface area contributed by atoms with Crippen LogP contribution in [-0.4, -0.2) is 46.0 Å². The van der Waals surface area contributed by atoms with E-state index < -0.39 is 12.1 Å². The van der Waals surface area contributed by atoms with Crippen LogP contribution in [0.15, 0.2) is 91.1 Å². The molecule has 0 bridgehead atoms. The highest BCUT2D eigenvalue weighted by molar-refractivity contribution is 6.15. The molecule has 1 aliphatic rings. The van der Waals surface area contributed by atoms with E-state index in [0.717, 1.165) is 5.56 Å². The number of β-lactam (4-membered cyclic amide) rings is 1. The third-order valence-electron chi connectivity index (χ3n) is 5.44. The monoisotopic (exact) mass is 440 g/mol. The van der Waals surface area contributed by atoms with Crippen molar-refractivity contribution in [1.29, 1.82) is 0 Å². The number of nitrogens with zero attached hydrogens (tertiary/aromatic N) is 4. The Kier molecular flexibility index (Phi) is 5.32. The van der Waals surface area contributed by atoms with Gasteiger partial charge in [-0.15, -0.1) is 5.10 Å². The fourth-order valence-electron chi connectivity index (χ4n) is 3.71. The Balaban J connectivity index is 1.47. The molecular weight excluding hydrogens is 420 g/mol. The summed E-state index contributed by atoms with van der Waals surface area (Å²) in [5.41, 5.74) is 1.88. The normalized spacial score (nSPS) is 17.4. The first-order valence-electron chi connectivity index (χ1n) is 10.4. The minimum atomic E-state index is -0.980. The summed E-state index contributed by atoms with van der Waals surface area (Å²) in [4.78, 5) is 27.9. The molecule has 0 unspecified atom stereocenters. The van der Waals surface area contributed by atoms with Crippen LogP contribution in [0.3, 0.4) is 0 Å². The molecule has 0 N–H and O–H groups in total. The zero-order chi connectivity index (χ0) is 22.8. The molecule has 3 aromatic carbocycles. The lowest BCUT2D eigenvalue weighted by Gasteiger charge is -2.44. The van der Waals surface area contributed by atoms with Crippen LogP contribution in [0.1, 0.15) is 10.4 Å². The zero-order valence-corrected chi connectivity index (χ0v) is 17.7. The predicted molar refractivity (Wildman–Crippen MR) is 121 cm³/mol. The van der Waals surface area contributed by atoms with Crippen molar-refractivity contribution in [3.63, 3.8) is 0 Å². The Labute approximate surface area is 189 Å². The third kappa shape index (κ3) is 3.82. The third-order valence-corrected chi connectivity index (χ3v) is 5.44. The maximum atomic E-state index is 13.5. The van der Waals surface area contributed by atoms with E-state index in [1.54, 1.807) is 61.8 Å². The first-order valence-corrected chi connectivity index (χ1v) is 10.4. The number of Topliss-reactive ketones (excluding diaryl/α,β-unsaturated/α-hetero) is 1. The molecule has 8 heteroatoms. The number of methoxy groups -OCH3 is 1. The second-order valence-electron chi connectivity index (χ2n) is 7.46. The van der Waals surface area contributed by atoms with E-state index in [1.165, 1.54) is 9.80 Å². The van der Waals surface area contributed by atoms with Gasteiger partial charge in [0, 0.05) is 11.1 Å². The van der Waals surface area contributed by atoms with Crippen molar-refractivity contribution in [2.45, 2.75) is 12.1 Å². The fraction of sp³-hybridized carbons (Fsp3) is 0.120. The summed E-state index contributed by atoms with van der Waals surface area (Å²) in [5.74, 6) is 0.491. The molecule has 164 valence electrons. The Morgan fingerprint density at radius 2 is 1.55 bits per heavy atom. The topological polar surface area (TPSA) is 86.5 Å². The number of carbonyl (C=O) groups is 2. The number of hydrogen-bond acceptors (Lipinski definition) is 6. The molecule has 1 saturated heterocycles. The molecule has 5 rings (SSSR count).